The molecule has 1 aromatic rings. The average molecular weight is 195 g/mol. The predicted octanol–water partition coefficient (Wildman–Crippen LogP) is -0.298. The molecule has 1 aliphatic heterocycles. The number of rotatable bonds is 2. The van der Waals surface area contributed by atoms with Gasteiger partial charge in [-0.15, -0.1) is 0 Å². The lowest BCUT2D eigenvalue weighted by Gasteiger charge is -2.30. The van der Waals surface area contributed by atoms with E-state index in [4.69, 9.17) is 5.11 Å². The van der Waals surface area contributed by atoms with E-state index >= 15 is 0 Å². The Morgan fingerprint density at radius 1 is 1.43 bits per heavy atom. The number of aromatic amines is 1. The maximum atomic E-state index is 10.9. The molecule has 2 unspecified atom stereocenters. The fourth-order valence-corrected chi connectivity index (χ4v) is 1.75. The summed E-state index contributed by atoms with van der Waals surface area (Å²) >= 11 is 0. The lowest BCUT2D eigenvalue weighted by molar-refractivity contribution is -0.140. The summed E-state index contributed by atoms with van der Waals surface area (Å²) in [5.74, 6) is -0.822. The van der Waals surface area contributed by atoms with Crippen LogP contribution in [0.2, 0.25) is 0 Å². The third-order valence-corrected chi connectivity index (χ3v) is 2.41. The molecule has 14 heavy (non-hydrogen) atoms. The number of nitrogens with one attached hydrogen (secondary N) is 3. The second kappa shape index (κ2) is 3.81. The van der Waals surface area contributed by atoms with Crippen molar-refractivity contribution in [3.63, 3.8) is 0 Å². The number of aliphatic carboxylic acids is 1. The summed E-state index contributed by atoms with van der Waals surface area (Å²) in [4.78, 5) is 14.0. The Hall–Kier alpha value is -1.33. The third kappa shape index (κ3) is 1.64. The Balaban J connectivity index is 2.18. The van der Waals surface area contributed by atoms with E-state index < -0.39 is 12.0 Å². The minimum absolute atomic E-state index is 0.170. The molecule has 0 amide bonds. The molecule has 1 aliphatic rings. The van der Waals surface area contributed by atoms with E-state index in [1.807, 2.05) is 12.1 Å². The number of piperazine rings is 1. The van der Waals surface area contributed by atoms with Crippen LogP contribution in [0.25, 0.3) is 0 Å². The van der Waals surface area contributed by atoms with E-state index in [0.29, 0.717) is 6.54 Å². The van der Waals surface area contributed by atoms with Crippen molar-refractivity contribution >= 4 is 5.97 Å². The number of carboxylic acids is 1. The van der Waals surface area contributed by atoms with Crippen LogP contribution in [0.3, 0.4) is 0 Å². The summed E-state index contributed by atoms with van der Waals surface area (Å²) in [6.07, 6.45) is 1.80. The number of H-pyrrole nitrogens is 1. The molecule has 0 aliphatic carbocycles. The van der Waals surface area contributed by atoms with Gasteiger partial charge in [0, 0.05) is 25.0 Å². The predicted molar refractivity (Wildman–Crippen MR) is 51.0 cm³/mol. The van der Waals surface area contributed by atoms with Gasteiger partial charge in [0.1, 0.15) is 6.04 Å². The van der Waals surface area contributed by atoms with Crippen molar-refractivity contribution in [2.75, 3.05) is 13.1 Å². The van der Waals surface area contributed by atoms with E-state index in [9.17, 15) is 4.79 Å². The van der Waals surface area contributed by atoms with Crippen molar-refractivity contribution in [3.05, 3.63) is 24.0 Å². The highest BCUT2D eigenvalue weighted by Gasteiger charge is 2.31. The largest absolute Gasteiger partial charge is 0.480 e. The molecule has 2 rings (SSSR count). The van der Waals surface area contributed by atoms with Gasteiger partial charge in [-0.2, -0.15) is 0 Å². The molecular weight excluding hydrogens is 182 g/mol. The molecule has 2 atom stereocenters. The zero-order valence-corrected chi connectivity index (χ0v) is 7.66. The van der Waals surface area contributed by atoms with Gasteiger partial charge in [0.05, 0.1) is 6.04 Å². The summed E-state index contributed by atoms with van der Waals surface area (Å²) in [5, 5.41) is 15.1. The molecule has 5 heteroatoms. The second-order valence-electron chi connectivity index (χ2n) is 3.33. The Labute approximate surface area is 81.5 Å². The summed E-state index contributed by atoms with van der Waals surface area (Å²) in [6.45, 7) is 1.47. The highest BCUT2D eigenvalue weighted by atomic mass is 16.4. The van der Waals surface area contributed by atoms with Gasteiger partial charge >= 0.3 is 5.97 Å². The molecule has 1 aromatic heterocycles. The zero-order chi connectivity index (χ0) is 9.97. The van der Waals surface area contributed by atoms with E-state index in [-0.39, 0.29) is 6.04 Å². The van der Waals surface area contributed by atoms with E-state index in [1.54, 1.807) is 6.20 Å². The topological polar surface area (TPSA) is 77.2 Å². The molecule has 0 spiro atoms. The molecule has 0 aromatic carbocycles. The van der Waals surface area contributed by atoms with Crippen LogP contribution in [-0.4, -0.2) is 35.2 Å². The summed E-state index contributed by atoms with van der Waals surface area (Å²) < 4.78 is 0. The fourth-order valence-electron chi connectivity index (χ4n) is 1.75. The first-order chi connectivity index (χ1) is 6.79. The van der Waals surface area contributed by atoms with Gasteiger partial charge in [0.15, 0.2) is 0 Å². The van der Waals surface area contributed by atoms with E-state index in [2.05, 4.69) is 15.6 Å². The van der Waals surface area contributed by atoms with Gasteiger partial charge in [-0.05, 0) is 12.1 Å². The molecule has 1 saturated heterocycles. The van der Waals surface area contributed by atoms with Crippen molar-refractivity contribution in [1.29, 1.82) is 0 Å². The van der Waals surface area contributed by atoms with Crippen LogP contribution in [0.5, 0.6) is 0 Å². The smallest absolute Gasteiger partial charge is 0.322 e. The average Bonchev–Trinajstić information content (AvgIpc) is 2.70. The van der Waals surface area contributed by atoms with Gasteiger partial charge in [0.25, 0.3) is 0 Å². The molecule has 5 nitrogen and oxygen atoms in total. The number of hydrogen-bond acceptors (Lipinski definition) is 3. The molecule has 2 heterocycles. The first-order valence-corrected chi connectivity index (χ1v) is 4.62. The minimum atomic E-state index is -0.822. The van der Waals surface area contributed by atoms with Crippen LogP contribution in [0.1, 0.15) is 11.7 Å². The molecule has 1 fully saturated rings. The zero-order valence-electron chi connectivity index (χ0n) is 7.66. The Morgan fingerprint density at radius 2 is 2.21 bits per heavy atom. The SMILES string of the molecule is O=C(O)C1NCCNC1c1ccc[nH]1. The van der Waals surface area contributed by atoms with Crippen LogP contribution in [0, 0.1) is 0 Å². The van der Waals surface area contributed by atoms with Crippen molar-refractivity contribution in [2.45, 2.75) is 12.1 Å². The quantitative estimate of drug-likeness (QED) is 0.522. The van der Waals surface area contributed by atoms with E-state index in [1.165, 1.54) is 0 Å². The molecular formula is C9H13N3O2. The highest BCUT2D eigenvalue weighted by molar-refractivity contribution is 5.75. The molecule has 0 bridgehead atoms. The number of carbonyl (C=O) groups is 1. The monoisotopic (exact) mass is 195 g/mol. The fraction of sp³-hybridized carbons (Fsp3) is 0.444. The van der Waals surface area contributed by atoms with Gasteiger partial charge in [-0.25, -0.2) is 0 Å². The Morgan fingerprint density at radius 3 is 2.86 bits per heavy atom. The first kappa shape index (κ1) is 9.23. The Bertz CT molecular complexity index is 310. The van der Waals surface area contributed by atoms with E-state index in [0.717, 1.165) is 12.2 Å². The number of aromatic nitrogens is 1. The third-order valence-electron chi connectivity index (χ3n) is 2.41. The minimum Gasteiger partial charge on any atom is -0.480 e. The van der Waals surface area contributed by atoms with Crippen LogP contribution >= 0.6 is 0 Å². The maximum Gasteiger partial charge on any atom is 0.322 e. The normalized spacial score (nSPS) is 27.4. The van der Waals surface area contributed by atoms with Gasteiger partial charge < -0.3 is 20.7 Å². The van der Waals surface area contributed by atoms with Crippen LogP contribution in [0.15, 0.2) is 18.3 Å². The van der Waals surface area contributed by atoms with Gasteiger partial charge in [-0.3, -0.25) is 4.79 Å². The van der Waals surface area contributed by atoms with Crippen LogP contribution < -0.4 is 10.6 Å². The molecule has 76 valence electrons. The van der Waals surface area contributed by atoms with Crippen molar-refractivity contribution < 1.29 is 9.90 Å². The lowest BCUT2D eigenvalue weighted by Crippen LogP contribution is -2.54. The standard InChI is InChI=1S/C9H13N3O2/c13-9(14)8-7(11-4-5-12-8)6-2-1-3-10-6/h1-3,7-8,10-12H,4-5H2,(H,13,14). The lowest BCUT2D eigenvalue weighted by atomic mass is 10.0. The maximum absolute atomic E-state index is 10.9. The summed E-state index contributed by atoms with van der Waals surface area (Å²) in [6, 6.07) is 3.03. The van der Waals surface area contributed by atoms with Crippen LogP contribution in [0.4, 0.5) is 0 Å². The number of hydrogen-bond donors (Lipinski definition) is 4. The number of carboxylic acid groups (broad SMARTS) is 1. The van der Waals surface area contributed by atoms with Gasteiger partial charge in [-0.1, -0.05) is 0 Å². The van der Waals surface area contributed by atoms with Crippen molar-refractivity contribution in [1.82, 2.24) is 15.6 Å². The van der Waals surface area contributed by atoms with Crippen molar-refractivity contribution in [2.24, 2.45) is 0 Å². The second-order valence-corrected chi connectivity index (χ2v) is 3.33. The summed E-state index contributed by atoms with van der Waals surface area (Å²) in [7, 11) is 0. The molecule has 0 saturated carbocycles. The first-order valence-electron chi connectivity index (χ1n) is 4.62. The molecule has 4 N–H and O–H groups in total. The summed E-state index contributed by atoms with van der Waals surface area (Å²) in [5.41, 5.74) is 0.907. The Kier molecular flexibility index (Phi) is 2.51. The van der Waals surface area contributed by atoms with Crippen molar-refractivity contribution in [3.8, 4) is 0 Å². The highest BCUT2D eigenvalue weighted by Crippen LogP contribution is 2.16. The molecule has 0 radical (unpaired) electrons. The van der Waals surface area contributed by atoms with Gasteiger partial charge in [0.2, 0.25) is 0 Å². The van der Waals surface area contributed by atoms with Crippen LogP contribution in [-0.2, 0) is 4.79 Å².